The number of nitrogens with zero attached hydrogens (tertiary/aromatic N) is 4. The van der Waals surface area contributed by atoms with E-state index in [2.05, 4.69) is 46.8 Å². The van der Waals surface area contributed by atoms with E-state index >= 15 is 0 Å². The molecule has 108 valence electrons. The third-order valence-electron chi connectivity index (χ3n) is 2.94. The lowest BCUT2D eigenvalue weighted by Crippen LogP contribution is -2.01. The highest BCUT2D eigenvalue weighted by molar-refractivity contribution is 9.11. The maximum atomic E-state index is 6.04. The number of methoxy groups -OCH3 is 1. The van der Waals surface area contributed by atoms with Crippen LogP contribution in [0.2, 0.25) is 0 Å². The van der Waals surface area contributed by atoms with Gasteiger partial charge in [-0.3, -0.25) is 4.57 Å². The van der Waals surface area contributed by atoms with Gasteiger partial charge in [-0.2, -0.15) is 4.98 Å². The van der Waals surface area contributed by atoms with Gasteiger partial charge in [-0.05, 0) is 34.1 Å². The summed E-state index contributed by atoms with van der Waals surface area (Å²) in [7, 11) is 1.55. The first-order chi connectivity index (χ1) is 10.2. The topological polar surface area (TPSA) is 52.8 Å². The van der Waals surface area contributed by atoms with Gasteiger partial charge in [-0.25, -0.2) is 9.97 Å². The second-order valence-electron chi connectivity index (χ2n) is 4.15. The predicted molar refractivity (Wildman–Crippen MR) is 88.2 cm³/mol. The van der Waals surface area contributed by atoms with E-state index in [1.54, 1.807) is 7.11 Å². The number of imidazole rings is 1. The van der Waals surface area contributed by atoms with Crippen LogP contribution in [0.25, 0.3) is 16.9 Å². The molecule has 0 aliphatic rings. The number of halogens is 3. The molecule has 0 aliphatic heterocycles. The van der Waals surface area contributed by atoms with Crippen molar-refractivity contribution >= 4 is 54.6 Å². The standard InChI is InChI=1S/C13H9Br2ClN4O/c1-21-13-11-12(17-6-18-13)20(10(5-16)19-11)9-3-2-7(14)4-8(9)15/h2-4,6H,5H2,1H3. The van der Waals surface area contributed by atoms with Crippen molar-refractivity contribution < 1.29 is 4.74 Å². The number of rotatable bonds is 3. The van der Waals surface area contributed by atoms with Crippen LogP contribution < -0.4 is 4.74 Å². The fourth-order valence-electron chi connectivity index (χ4n) is 2.07. The van der Waals surface area contributed by atoms with Gasteiger partial charge in [0.15, 0.2) is 11.2 Å². The molecule has 3 aromatic rings. The average molecular weight is 433 g/mol. The van der Waals surface area contributed by atoms with E-state index in [1.807, 2.05) is 22.8 Å². The molecular formula is C13H9Br2ClN4O. The summed E-state index contributed by atoms with van der Waals surface area (Å²) in [5.41, 5.74) is 2.14. The van der Waals surface area contributed by atoms with Gasteiger partial charge in [-0.1, -0.05) is 15.9 Å². The quantitative estimate of drug-likeness (QED) is 0.585. The van der Waals surface area contributed by atoms with E-state index in [9.17, 15) is 0 Å². The second kappa shape index (κ2) is 5.90. The monoisotopic (exact) mass is 430 g/mol. The molecule has 0 bridgehead atoms. The van der Waals surface area contributed by atoms with Crippen molar-refractivity contribution in [3.8, 4) is 11.6 Å². The van der Waals surface area contributed by atoms with Crippen molar-refractivity contribution in [1.82, 2.24) is 19.5 Å². The van der Waals surface area contributed by atoms with Crippen LogP contribution in [0.1, 0.15) is 5.82 Å². The first-order valence-electron chi connectivity index (χ1n) is 5.93. The van der Waals surface area contributed by atoms with Gasteiger partial charge in [0.1, 0.15) is 12.2 Å². The summed E-state index contributed by atoms with van der Waals surface area (Å²) in [6, 6.07) is 5.86. The van der Waals surface area contributed by atoms with Crippen LogP contribution in [-0.4, -0.2) is 26.6 Å². The Morgan fingerprint density at radius 2 is 2.10 bits per heavy atom. The summed E-state index contributed by atoms with van der Waals surface area (Å²) in [5.74, 6) is 1.36. The number of aromatic nitrogens is 4. The Balaban J connectivity index is 2.35. The molecule has 5 nitrogen and oxygen atoms in total. The minimum absolute atomic E-state index is 0.252. The van der Waals surface area contributed by atoms with Crippen LogP contribution >= 0.6 is 43.5 Å². The molecule has 0 N–H and O–H groups in total. The lowest BCUT2D eigenvalue weighted by atomic mass is 10.3. The number of alkyl halides is 1. The minimum atomic E-state index is 0.252. The molecule has 0 fully saturated rings. The van der Waals surface area contributed by atoms with Crippen LogP contribution in [0.5, 0.6) is 5.88 Å². The Bertz CT molecular complexity index is 821. The SMILES string of the molecule is COc1ncnc2c1nc(CCl)n2-c1ccc(Br)cc1Br. The molecule has 0 saturated carbocycles. The Kier molecular flexibility index (Phi) is 4.14. The smallest absolute Gasteiger partial charge is 0.245 e. The van der Waals surface area contributed by atoms with Crippen molar-refractivity contribution in [2.24, 2.45) is 0 Å². The molecule has 0 spiro atoms. The van der Waals surface area contributed by atoms with Crippen LogP contribution in [0.3, 0.4) is 0 Å². The van der Waals surface area contributed by atoms with Gasteiger partial charge >= 0.3 is 0 Å². The van der Waals surface area contributed by atoms with Gasteiger partial charge in [-0.15, -0.1) is 11.6 Å². The van der Waals surface area contributed by atoms with Crippen molar-refractivity contribution in [1.29, 1.82) is 0 Å². The number of hydrogen-bond donors (Lipinski definition) is 0. The van der Waals surface area contributed by atoms with Crippen LogP contribution in [-0.2, 0) is 5.88 Å². The predicted octanol–water partition coefficient (Wildman–Crippen LogP) is 4.09. The maximum absolute atomic E-state index is 6.04. The summed E-state index contributed by atoms with van der Waals surface area (Å²) >= 11 is 13.0. The normalized spacial score (nSPS) is 11.0. The second-order valence-corrected chi connectivity index (χ2v) is 6.19. The summed E-state index contributed by atoms with van der Waals surface area (Å²) in [6.45, 7) is 0. The number of fused-ring (bicyclic) bond motifs is 1. The van der Waals surface area contributed by atoms with Gasteiger partial charge in [0.25, 0.3) is 0 Å². The van der Waals surface area contributed by atoms with Crippen molar-refractivity contribution in [3.05, 3.63) is 39.3 Å². The van der Waals surface area contributed by atoms with E-state index in [-0.39, 0.29) is 5.88 Å². The zero-order valence-corrected chi connectivity index (χ0v) is 14.8. The molecule has 0 radical (unpaired) electrons. The molecule has 2 aromatic heterocycles. The lowest BCUT2D eigenvalue weighted by Gasteiger charge is -2.09. The third kappa shape index (κ3) is 2.54. The molecule has 3 rings (SSSR count). The molecule has 0 saturated heterocycles. The highest BCUT2D eigenvalue weighted by Gasteiger charge is 2.18. The molecule has 0 unspecified atom stereocenters. The number of hydrogen-bond acceptors (Lipinski definition) is 4. The van der Waals surface area contributed by atoms with E-state index in [0.29, 0.717) is 22.9 Å². The summed E-state index contributed by atoms with van der Waals surface area (Å²) in [6.07, 6.45) is 1.45. The van der Waals surface area contributed by atoms with Crippen LogP contribution in [0.15, 0.2) is 33.5 Å². The lowest BCUT2D eigenvalue weighted by molar-refractivity contribution is 0.401. The average Bonchev–Trinajstić information content (AvgIpc) is 2.85. The first-order valence-corrected chi connectivity index (χ1v) is 8.05. The van der Waals surface area contributed by atoms with E-state index in [1.165, 1.54) is 6.33 Å². The molecule has 0 aliphatic carbocycles. The Hall–Kier alpha value is -1.18. The maximum Gasteiger partial charge on any atom is 0.245 e. The van der Waals surface area contributed by atoms with Crippen LogP contribution in [0.4, 0.5) is 0 Å². The Morgan fingerprint density at radius 1 is 1.29 bits per heavy atom. The Morgan fingerprint density at radius 3 is 2.76 bits per heavy atom. The molecule has 8 heteroatoms. The highest BCUT2D eigenvalue weighted by Crippen LogP contribution is 2.31. The van der Waals surface area contributed by atoms with Crippen molar-refractivity contribution in [2.75, 3.05) is 7.11 Å². The summed E-state index contributed by atoms with van der Waals surface area (Å²) in [5, 5.41) is 0. The fraction of sp³-hybridized carbons (Fsp3) is 0.154. The molecule has 21 heavy (non-hydrogen) atoms. The first kappa shape index (κ1) is 14.7. The minimum Gasteiger partial charge on any atom is -0.479 e. The highest BCUT2D eigenvalue weighted by atomic mass is 79.9. The van der Waals surface area contributed by atoms with E-state index in [4.69, 9.17) is 16.3 Å². The zero-order valence-electron chi connectivity index (χ0n) is 10.8. The molecular weight excluding hydrogens is 423 g/mol. The van der Waals surface area contributed by atoms with Crippen molar-refractivity contribution in [2.45, 2.75) is 5.88 Å². The molecule has 0 amide bonds. The Labute approximate surface area is 142 Å². The van der Waals surface area contributed by atoms with Gasteiger partial charge in [0, 0.05) is 8.95 Å². The summed E-state index contributed by atoms with van der Waals surface area (Å²) < 4.78 is 9.01. The van der Waals surface area contributed by atoms with Crippen molar-refractivity contribution in [3.63, 3.8) is 0 Å². The van der Waals surface area contributed by atoms with E-state index < -0.39 is 0 Å². The molecule has 2 heterocycles. The fourth-order valence-corrected chi connectivity index (χ4v) is 3.48. The third-order valence-corrected chi connectivity index (χ3v) is 4.31. The van der Waals surface area contributed by atoms with Crippen LogP contribution in [0, 0.1) is 0 Å². The van der Waals surface area contributed by atoms with Gasteiger partial charge in [0.2, 0.25) is 5.88 Å². The van der Waals surface area contributed by atoms with E-state index in [0.717, 1.165) is 14.6 Å². The number of benzene rings is 1. The number of ether oxygens (including phenoxy) is 1. The molecule has 1 aromatic carbocycles. The van der Waals surface area contributed by atoms with Gasteiger partial charge < -0.3 is 4.74 Å². The van der Waals surface area contributed by atoms with Gasteiger partial charge in [0.05, 0.1) is 18.7 Å². The molecule has 0 atom stereocenters. The largest absolute Gasteiger partial charge is 0.479 e. The summed E-state index contributed by atoms with van der Waals surface area (Å²) in [4.78, 5) is 12.9. The zero-order chi connectivity index (χ0) is 15.0.